The monoisotopic (exact) mass is 411 g/mol. The van der Waals surface area contributed by atoms with E-state index in [-0.39, 0.29) is 17.9 Å². The largest absolute Gasteiger partial charge is 0.454 e. The van der Waals surface area contributed by atoms with Crippen molar-refractivity contribution < 1.29 is 9.21 Å². The van der Waals surface area contributed by atoms with Crippen molar-refractivity contribution in [3.8, 4) is 11.3 Å². The number of furan rings is 1. The van der Waals surface area contributed by atoms with Gasteiger partial charge in [-0.15, -0.1) is 11.3 Å². The average Bonchev–Trinajstić information content (AvgIpc) is 3.34. The van der Waals surface area contributed by atoms with Gasteiger partial charge in [-0.25, -0.2) is 4.98 Å². The van der Waals surface area contributed by atoms with Crippen molar-refractivity contribution >= 4 is 34.0 Å². The molecule has 0 unspecified atom stereocenters. The first-order chi connectivity index (χ1) is 13.6. The summed E-state index contributed by atoms with van der Waals surface area (Å²) in [4.78, 5) is 28.6. The number of hydrogen-bond acceptors (Lipinski definition) is 5. The Morgan fingerprint density at radius 1 is 1.14 bits per heavy atom. The predicted molar refractivity (Wildman–Crippen MR) is 109 cm³/mol. The van der Waals surface area contributed by atoms with E-state index >= 15 is 0 Å². The number of carbonyl (C=O) groups is 1. The van der Waals surface area contributed by atoms with Gasteiger partial charge < -0.3 is 8.98 Å². The molecule has 140 valence electrons. The molecule has 8 heteroatoms. The van der Waals surface area contributed by atoms with Crippen molar-refractivity contribution in [1.29, 1.82) is 0 Å². The number of nitrogens with one attached hydrogen (secondary N) is 1. The number of aromatic nitrogens is 2. The zero-order chi connectivity index (χ0) is 19.5. The van der Waals surface area contributed by atoms with Gasteiger partial charge in [0.15, 0.2) is 10.9 Å². The van der Waals surface area contributed by atoms with Gasteiger partial charge in [-0.05, 0) is 24.3 Å². The Morgan fingerprint density at radius 3 is 2.79 bits per heavy atom. The lowest BCUT2D eigenvalue weighted by atomic mass is 10.2. The minimum absolute atomic E-state index is 0.139. The fourth-order valence-corrected chi connectivity index (χ4v) is 3.56. The minimum Gasteiger partial charge on any atom is -0.454 e. The van der Waals surface area contributed by atoms with Gasteiger partial charge in [0.25, 0.3) is 11.5 Å². The van der Waals surface area contributed by atoms with Crippen molar-refractivity contribution in [3.05, 3.63) is 93.1 Å². The number of thiazole rings is 1. The third-order valence-electron chi connectivity index (χ3n) is 3.99. The minimum atomic E-state index is -0.410. The lowest BCUT2D eigenvalue weighted by Gasteiger charge is -2.02. The van der Waals surface area contributed by atoms with Crippen LogP contribution in [0.2, 0.25) is 5.02 Å². The molecule has 0 aliphatic heterocycles. The molecule has 1 aromatic carbocycles. The number of halogens is 1. The van der Waals surface area contributed by atoms with Crippen LogP contribution < -0.4 is 10.9 Å². The molecule has 0 aliphatic rings. The van der Waals surface area contributed by atoms with Crippen LogP contribution in [-0.2, 0) is 6.54 Å². The van der Waals surface area contributed by atoms with Crippen LogP contribution in [0.15, 0.2) is 75.4 Å². The molecule has 0 aliphatic carbocycles. The molecule has 1 amide bonds. The Kier molecular flexibility index (Phi) is 5.10. The van der Waals surface area contributed by atoms with Gasteiger partial charge in [0.1, 0.15) is 5.76 Å². The number of pyridine rings is 1. The highest BCUT2D eigenvalue weighted by atomic mass is 35.5. The third-order valence-corrected chi connectivity index (χ3v) is 5.07. The van der Waals surface area contributed by atoms with E-state index in [1.54, 1.807) is 36.5 Å². The van der Waals surface area contributed by atoms with Crippen molar-refractivity contribution in [2.24, 2.45) is 0 Å². The molecule has 4 aromatic rings. The molecule has 3 heterocycles. The summed E-state index contributed by atoms with van der Waals surface area (Å²) < 4.78 is 7.07. The topological polar surface area (TPSA) is 77.1 Å². The second kappa shape index (κ2) is 7.84. The number of benzene rings is 1. The van der Waals surface area contributed by atoms with Crippen LogP contribution in [0, 0.1) is 0 Å². The molecule has 3 aromatic heterocycles. The van der Waals surface area contributed by atoms with E-state index in [1.165, 1.54) is 22.0 Å². The number of carbonyl (C=O) groups excluding carboxylic acids is 1. The SMILES string of the molecule is O=C(Nc1nc(-c2ccccc2Cl)cs1)c1ccc(Cn2ccccc2=O)o1. The predicted octanol–water partition coefficient (Wildman–Crippen LogP) is 4.52. The van der Waals surface area contributed by atoms with Gasteiger partial charge in [-0.1, -0.05) is 35.9 Å². The molecule has 0 atom stereocenters. The van der Waals surface area contributed by atoms with Crippen LogP contribution in [0.1, 0.15) is 16.3 Å². The summed E-state index contributed by atoms with van der Waals surface area (Å²) >= 11 is 7.49. The fraction of sp³-hybridized carbons (Fsp3) is 0.0500. The van der Waals surface area contributed by atoms with Crippen molar-refractivity contribution in [2.45, 2.75) is 6.54 Å². The van der Waals surface area contributed by atoms with Gasteiger partial charge in [0.2, 0.25) is 0 Å². The molecule has 0 saturated carbocycles. The van der Waals surface area contributed by atoms with Gasteiger partial charge in [-0.3, -0.25) is 14.9 Å². The maximum atomic E-state index is 12.4. The van der Waals surface area contributed by atoms with Gasteiger partial charge in [-0.2, -0.15) is 0 Å². The second-order valence-corrected chi connectivity index (χ2v) is 7.17. The van der Waals surface area contributed by atoms with Gasteiger partial charge in [0.05, 0.1) is 12.2 Å². The first kappa shape index (κ1) is 18.2. The fourth-order valence-electron chi connectivity index (χ4n) is 2.63. The van der Waals surface area contributed by atoms with E-state index in [0.29, 0.717) is 21.6 Å². The van der Waals surface area contributed by atoms with Crippen LogP contribution in [0.3, 0.4) is 0 Å². The highest BCUT2D eigenvalue weighted by Gasteiger charge is 2.15. The van der Waals surface area contributed by atoms with E-state index in [0.717, 1.165) is 5.56 Å². The van der Waals surface area contributed by atoms with Crippen molar-refractivity contribution in [2.75, 3.05) is 5.32 Å². The number of anilines is 1. The quantitative estimate of drug-likeness (QED) is 0.523. The molecule has 0 saturated heterocycles. The Balaban J connectivity index is 1.46. The Morgan fingerprint density at radius 2 is 1.96 bits per heavy atom. The average molecular weight is 412 g/mol. The normalized spacial score (nSPS) is 10.8. The molecule has 0 radical (unpaired) electrons. The Hall–Kier alpha value is -3.16. The highest BCUT2D eigenvalue weighted by molar-refractivity contribution is 7.14. The summed E-state index contributed by atoms with van der Waals surface area (Å²) in [6.45, 7) is 0.251. The standard InChI is InChI=1S/C20H14ClN3O3S/c21-15-6-2-1-5-14(15)16-12-28-20(22-16)23-19(26)17-9-8-13(27-17)11-24-10-4-3-7-18(24)25/h1-10,12H,11H2,(H,22,23,26). The summed E-state index contributed by atoms with van der Waals surface area (Å²) in [6.07, 6.45) is 1.66. The number of nitrogens with zero attached hydrogens (tertiary/aromatic N) is 2. The lowest BCUT2D eigenvalue weighted by Crippen LogP contribution is -2.18. The summed E-state index contributed by atoms with van der Waals surface area (Å²) in [6, 6.07) is 15.5. The van der Waals surface area contributed by atoms with E-state index in [9.17, 15) is 9.59 Å². The number of amides is 1. The first-order valence-electron chi connectivity index (χ1n) is 8.36. The second-order valence-electron chi connectivity index (χ2n) is 5.90. The molecular weight excluding hydrogens is 398 g/mol. The molecule has 0 fully saturated rings. The zero-order valence-electron chi connectivity index (χ0n) is 14.5. The molecule has 4 rings (SSSR count). The zero-order valence-corrected chi connectivity index (χ0v) is 16.0. The van der Waals surface area contributed by atoms with Crippen LogP contribution >= 0.6 is 22.9 Å². The first-order valence-corrected chi connectivity index (χ1v) is 9.62. The van der Waals surface area contributed by atoms with E-state index in [2.05, 4.69) is 10.3 Å². The van der Waals surface area contributed by atoms with E-state index < -0.39 is 5.91 Å². The maximum Gasteiger partial charge on any atom is 0.293 e. The summed E-state index contributed by atoms with van der Waals surface area (Å²) in [5.74, 6) is 0.245. The number of hydrogen-bond donors (Lipinski definition) is 1. The van der Waals surface area contributed by atoms with Crippen molar-refractivity contribution in [1.82, 2.24) is 9.55 Å². The number of rotatable bonds is 5. The van der Waals surface area contributed by atoms with Gasteiger partial charge in [0, 0.05) is 28.2 Å². The molecular formula is C20H14ClN3O3S. The highest BCUT2D eigenvalue weighted by Crippen LogP contribution is 2.30. The molecule has 0 bridgehead atoms. The summed E-state index contributed by atoms with van der Waals surface area (Å²) in [5, 5.41) is 5.58. The van der Waals surface area contributed by atoms with Gasteiger partial charge >= 0.3 is 0 Å². The smallest absolute Gasteiger partial charge is 0.293 e. The lowest BCUT2D eigenvalue weighted by molar-refractivity contribution is 0.0994. The molecule has 6 nitrogen and oxygen atoms in total. The van der Waals surface area contributed by atoms with Crippen LogP contribution in [0.25, 0.3) is 11.3 Å². The van der Waals surface area contributed by atoms with Crippen LogP contribution in [0.5, 0.6) is 0 Å². The Bertz CT molecular complexity index is 1190. The van der Waals surface area contributed by atoms with E-state index in [1.807, 2.05) is 23.6 Å². The summed E-state index contributed by atoms with van der Waals surface area (Å²) in [7, 11) is 0. The third kappa shape index (κ3) is 3.90. The molecule has 0 spiro atoms. The van der Waals surface area contributed by atoms with Crippen LogP contribution in [-0.4, -0.2) is 15.5 Å². The van der Waals surface area contributed by atoms with E-state index in [4.69, 9.17) is 16.0 Å². The molecule has 1 N–H and O–H groups in total. The Labute approximate surface area is 169 Å². The maximum absolute atomic E-state index is 12.4. The van der Waals surface area contributed by atoms with Crippen molar-refractivity contribution in [3.63, 3.8) is 0 Å². The summed E-state index contributed by atoms with van der Waals surface area (Å²) in [5.41, 5.74) is 1.35. The molecule has 28 heavy (non-hydrogen) atoms. The van der Waals surface area contributed by atoms with Crippen LogP contribution in [0.4, 0.5) is 5.13 Å².